The summed E-state index contributed by atoms with van der Waals surface area (Å²) >= 11 is 1.87. The molecule has 2 nitrogen and oxygen atoms in total. The molecule has 0 amide bonds. The molecule has 0 spiro atoms. The maximum Gasteiger partial charge on any atom is 0.119 e. The molecule has 0 radical (unpaired) electrons. The monoisotopic (exact) mass is 210 g/mol. The molecule has 1 aromatic carbocycles. The Morgan fingerprint density at radius 1 is 1.50 bits per heavy atom. The van der Waals surface area contributed by atoms with E-state index in [1.54, 1.807) is 7.11 Å². The molecule has 0 saturated carbocycles. The van der Waals surface area contributed by atoms with Crippen molar-refractivity contribution in [1.82, 2.24) is 0 Å². The van der Waals surface area contributed by atoms with Gasteiger partial charge in [0.05, 0.1) is 13.2 Å². The van der Waals surface area contributed by atoms with Crippen LogP contribution in [0.3, 0.4) is 0 Å². The summed E-state index contributed by atoms with van der Waals surface area (Å²) in [4.78, 5) is 0. The summed E-state index contributed by atoms with van der Waals surface area (Å²) in [6, 6.07) is 5.96. The van der Waals surface area contributed by atoms with E-state index in [2.05, 4.69) is 6.07 Å². The lowest BCUT2D eigenvalue weighted by atomic mass is 10.0. The molecule has 0 fully saturated rings. The molecule has 1 aromatic rings. The predicted octanol–water partition coefficient (Wildman–Crippen LogP) is 2.37. The van der Waals surface area contributed by atoms with Crippen LogP contribution in [0.5, 0.6) is 5.75 Å². The smallest absolute Gasteiger partial charge is 0.119 e. The Labute approximate surface area is 88.3 Å². The van der Waals surface area contributed by atoms with E-state index in [-0.39, 0.29) is 6.10 Å². The normalized spacial score (nSPS) is 21.1. The number of ether oxygens (including phenoxy) is 1. The maximum absolute atomic E-state index is 9.89. The van der Waals surface area contributed by atoms with Gasteiger partial charge in [0.1, 0.15) is 5.75 Å². The summed E-state index contributed by atoms with van der Waals surface area (Å²) < 4.78 is 5.15. The summed E-state index contributed by atoms with van der Waals surface area (Å²) in [7, 11) is 1.65. The van der Waals surface area contributed by atoms with Crippen molar-refractivity contribution in [3.05, 3.63) is 29.3 Å². The Hall–Kier alpha value is -0.670. The van der Waals surface area contributed by atoms with Crippen molar-refractivity contribution >= 4 is 11.8 Å². The Bertz CT molecular complexity index is 325. The first kappa shape index (κ1) is 9.87. The van der Waals surface area contributed by atoms with Crippen LogP contribution in [0.2, 0.25) is 0 Å². The van der Waals surface area contributed by atoms with Crippen LogP contribution in [0.1, 0.15) is 23.7 Å². The fraction of sp³-hybridized carbons (Fsp3) is 0.455. The van der Waals surface area contributed by atoms with Gasteiger partial charge in [0, 0.05) is 5.75 Å². The van der Waals surface area contributed by atoms with Gasteiger partial charge in [0.2, 0.25) is 0 Å². The zero-order chi connectivity index (χ0) is 9.97. The van der Waals surface area contributed by atoms with Crippen LogP contribution in [0.25, 0.3) is 0 Å². The first-order valence-electron chi connectivity index (χ1n) is 4.74. The lowest BCUT2D eigenvalue weighted by Gasteiger charge is -2.12. The quantitative estimate of drug-likeness (QED) is 0.771. The molecule has 3 heteroatoms. The number of thioether (sulfide) groups is 1. The molecule has 1 heterocycles. The van der Waals surface area contributed by atoms with Crippen LogP contribution in [0.4, 0.5) is 0 Å². The zero-order valence-corrected chi connectivity index (χ0v) is 9.01. The van der Waals surface area contributed by atoms with Crippen LogP contribution >= 0.6 is 11.8 Å². The van der Waals surface area contributed by atoms with Gasteiger partial charge in [-0.05, 0) is 35.4 Å². The maximum atomic E-state index is 9.89. The highest BCUT2D eigenvalue weighted by Gasteiger charge is 2.16. The van der Waals surface area contributed by atoms with Gasteiger partial charge in [0.25, 0.3) is 0 Å². The molecule has 1 atom stereocenters. The van der Waals surface area contributed by atoms with Crippen molar-refractivity contribution in [1.29, 1.82) is 0 Å². The average Bonchev–Trinajstić information content (AvgIpc) is 2.40. The van der Waals surface area contributed by atoms with E-state index in [1.807, 2.05) is 23.9 Å². The number of rotatable bonds is 1. The molecule has 1 N–H and O–H groups in total. The third-order valence-corrected chi connectivity index (χ3v) is 3.54. The minimum absolute atomic E-state index is 0.324. The molecular formula is C11H14O2S. The number of aliphatic hydroxyl groups is 1. The highest BCUT2D eigenvalue weighted by Crippen LogP contribution is 2.32. The second kappa shape index (κ2) is 4.24. The molecule has 0 saturated heterocycles. The molecule has 76 valence electrons. The first-order valence-corrected chi connectivity index (χ1v) is 5.89. The minimum Gasteiger partial charge on any atom is -0.497 e. The van der Waals surface area contributed by atoms with E-state index in [1.165, 1.54) is 5.56 Å². The van der Waals surface area contributed by atoms with Crippen LogP contribution in [0.15, 0.2) is 18.2 Å². The van der Waals surface area contributed by atoms with Crippen molar-refractivity contribution in [2.45, 2.75) is 18.3 Å². The summed E-state index contributed by atoms with van der Waals surface area (Å²) in [6.45, 7) is 0. The molecule has 0 aromatic heterocycles. The molecular weight excluding hydrogens is 196 g/mol. The Kier molecular flexibility index (Phi) is 2.99. The van der Waals surface area contributed by atoms with Crippen LogP contribution in [-0.4, -0.2) is 18.0 Å². The molecule has 0 unspecified atom stereocenters. The van der Waals surface area contributed by atoms with E-state index in [0.717, 1.165) is 29.2 Å². The van der Waals surface area contributed by atoms with Crippen molar-refractivity contribution < 1.29 is 9.84 Å². The molecule has 0 aliphatic carbocycles. The van der Waals surface area contributed by atoms with E-state index >= 15 is 0 Å². The van der Waals surface area contributed by atoms with E-state index in [0.29, 0.717) is 0 Å². The zero-order valence-electron chi connectivity index (χ0n) is 8.19. The van der Waals surface area contributed by atoms with E-state index in [9.17, 15) is 5.11 Å². The molecule has 14 heavy (non-hydrogen) atoms. The van der Waals surface area contributed by atoms with Gasteiger partial charge >= 0.3 is 0 Å². The second-order valence-corrected chi connectivity index (χ2v) is 4.53. The Morgan fingerprint density at radius 3 is 3.14 bits per heavy atom. The second-order valence-electron chi connectivity index (χ2n) is 3.42. The number of fused-ring (bicyclic) bond motifs is 1. The third kappa shape index (κ3) is 1.88. The lowest BCUT2D eigenvalue weighted by Crippen LogP contribution is -2.00. The lowest BCUT2D eigenvalue weighted by molar-refractivity contribution is 0.174. The van der Waals surface area contributed by atoms with Crippen molar-refractivity contribution in [2.75, 3.05) is 12.9 Å². The molecule has 2 rings (SSSR count). The highest BCUT2D eigenvalue weighted by atomic mass is 32.2. The molecule has 1 aliphatic heterocycles. The fourth-order valence-electron chi connectivity index (χ4n) is 1.67. The standard InChI is InChI=1S/C11H14O2S/c1-13-9-3-2-8-7-14-5-4-11(12)10(8)6-9/h2-3,6,11-12H,4-5,7H2,1H3/t11-/m1/s1. The number of benzene rings is 1. The van der Waals surface area contributed by atoms with Crippen molar-refractivity contribution in [3.63, 3.8) is 0 Å². The van der Waals surface area contributed by atoms with Gasteiger partial charge in [-0.3, -0.25) is 0 Å². The Morgan fingerprint density at radius 2 is 2.36 bits per heavy atom. The molecule has 0 bridgehead atoms. The van der Waals surface area contributed by atoms with Crippen molar-refractivity contribution in [3.8, 4) is 5.75 Å². The number of hydrogen-bond acceptors (Lipinski definition) is 3. The summed E-state index contributed by atoms with van der Waals surface area (Å²) in [5.41, 5.74) is 2.27. The number of aliphatic hydroxyl groups excluding tert-OH is 1. The van der Waals surface area contributed by atoms with Crippen LogP contribution in [-0.2, 0) is 5.75 Å². The van der Waals surface area contributed by atoms with E-state index in [4.69, 9.17) is 4.74 Å². The highest BCUT2D eigenvalue weighted by molar-refractivity contribution is 7.98. The SMILES string of the molecule is COc1ccc2c(c1)[C@H](O)CCSC2. The van der Waals surface area contributed by atoms with Gasteiger partial charge < -0.3 is 9.84 Å². The number of methoxy groups -OCH3 is 1. The third-order valence-electron chi connectivity index (χ3n) is 2.51. The number of hydrogen-bond donors (Lipinski definition) is 1. The van der Waals surface area contributed by atoms with Gasteiger partial charge in [-0.2, -0.15) is 11.8 Å². The summed E-state index contributed by atoms with van der Waals surface area (Å²) in [5, 5.41) is 9.89. The first-order chi connectivity index (χ1) is 6.81. The van der Waals surface area contributed by atoms with Gasteiger partial charge in [-0.1, -0.05) is 6.07 Å². The molecule has 1 aliphatic rings. The van der Waals surface area contributed by atoms with E-state index < -0.39 is 0 Å². The Balaban J connectivity index is 2.39. The summed E-state index contributed by atoms with van der Waals surface area (Å²) in [5.74, 6) is 2.85. The van der Waals surface area contributed by atoms with Gasteiger partial charge in [0.15, 0.2) is 0 Å². The van der Waals surface area contributed by atoms with Gasteiger partial charge in [-0.15, -0.1) is 0 Å². The predicted molar refractivity (Wildman–Crippen MR) is 58.7 cm³/mol. The minimum atomic E-state index is -0.324. The fourth-order valence-corrected chi connectivity index (χ4v) is 2.69. The van der Waals surface area contributed by atoms with Crippen LogP contribution < -0.4 is 4.74 Å². The van der Waals surface area contributed by atoms with Gasteiger partial charge in [-0.25, -0.2) is 0 Å². The van der Waals surface area contributed by atoms with Crippen LogP contribution in [0, 0.1) is 0 Å². The average molecular weight is 210 g/mol. The van der Waals surface area contributed by atoms with Crippen molar-refractivity contribution in [2.24, 2.45) is 0 Å². The summed E-state index contributed by atoms with van der Waals surface area (Å²) in [6.07, 6.45) is 0.514. The largest absolute Gasteiger partial charge is 0.497 e. The topological polar surface area (TPSA) is 29.5 Å².